The summed E-state index contributed by atoms with van der Waals surface area (Å²) in [5.41, 5.74) is 2.14. The molecule has 0 amide bonds. The molecule has 0 aliphatic carbocycles. The summed E-state index contributed by atoms with van der Waals surface area (Å²) in [4.78, 5) is 12.3. The Balaban J connectivity index is 1.75. The van der Waals surface area contributed by atoms with E-state index in [-0.39, 0.29) is 6.10 Å². The Hall–Kier alpha value is -1.99. The minimum Gasteiger partial charge on any atom is -0.369 e. The molecule has 3 aromatic heterocycles. The number of rotatable bonds is 2. The maximum Gasteiger partial charge on any atom is 0.254 e. The van der Waals surface area contributed by atoms with Gasteiger partial charge in [-0.05, 0) is 25.3 Å². The molecule has 0 radical (unpaired) electrons. The maximum atomic E-state index is 5.95. The highest BCUT2D eigenvalue weighted by Gasteiger charge is 2.26. The molecule has 4 heterocycles. The molecule has 6 nitrogen and oxygen atoms in total. The third-order valence-electron chi connectivity index (χ3n) is 4.10. The largest absolute Gasteiger partial charge is 0.369 e. The van der Waals surface area contributed by atoms with Crippen LogP contribution in [0.3, 0.4) is 0 Å². The van der Waals surface area contributed by atoms with E-state index >= 15 is 0 Å². The smallest absolute Gasteiger partial charge is 0.254 e. The van der Waals surface area contributed by atoms with Gasteiger partial charge in [-0.3, -0.25) is 0 Å². The Morgan fingerprint density at radius 3 is 3.09 bits per heavy atom. The van der Waals surface area contributed by atoms with Crippen LogP contribution in [-0.2, 0) is 4.74 Å². The minimum atomic E-state index is 0.111. The first-order valence-electron chi connectivity index (χ1n) is 7.31. The van der Waals surface area contributed by atoms with Crippen LogP contribution in [0.1, 0.15) is 22.2 Å². The number of aryl methyl sites for hydroxylation is 1. The quantitative estimate of drug-likeness (QED) is 0.727. The first kappa shape index (κ1) is 13.7. The molecular weight excluding hydrogens is 298 g/mol. The first-order valence-corrected chi connectivity index (χ1v) is 8.19. The molecule has 0 spiro atoms. The molecule has 1 aliphatic rings. The van der Waals surface area contributed by atoms with Crippen LogP contribution >= 0.6 is 11.3 Å². The van der Waals surface area contributed by atoms with E-state index in [4.69, 9.17) is 4.74 Å². The summed E-state index contributed by atoms with van der Waals surface area (Å²) in [7, 11) is 0. The molecule has 7 heteroatoms. The number of hydrogen-bond donors (Lipinski definition) is 0. The van der Waals surface area contributed by atoms with Gasteiger partial charge in [0.15, 0.2) is 0 Å². The van der Waals surface area contributed by atoms with E-state index in [1.165, 1.54) is 4.88 Å². The molecule has 1 aliphatic heterocycles. The normalized spacial score (nSPS) is 19.0. The molecule has 1 atom stereocenters. The monoisotopic (exact) mass is 315 g/mol. The SMILES string of the molecule is Cc1nc2ncnn2c(N2CCOC(c3cccs3)C2)c1C. The lowest BCUT2D eigenvalue weighted by Crippen LogP contribution is -2.39. The van der Waals surface area contributed by atoms with Crippen molar-refractivity contribution in [3.63, 3.8) is 0 Å². The highest BCUT2D eigenvalue weighted by atomic mass is 32.1. The Morgan fingerprint density at radius 2 is 2.27 bits per heavy atom. The average Bonchev–Trinajstić information content (AvgIpc) is 3.19. The number of ether oxygens (including phenoxy) is 1. The molecule has 3 aromatic rings. The van der Waals surface area contributed by atoms with Crippen LogP contribution in [0, 0.1) is 13.8 Å². The van der Waals surface area contributed by atoms with E-state index in [2.05, 4.69) is 44.4 Å². The van der Waals surface area contributed by atoms with Gasteiger partial charge in [0, 0.05) is 22.7 Å². The van der Waals surface area contributed by atoms with E-state index in [0.717, 1.165) is 30.2 Å². The summed E-state index contributed by atoms with van der Waals surface area (Å²) < 4.78 is 7.78. The van der Waals surface area contributed by atoms with Gasteiger partial charge in [-0.2, -0.15) is 14.6 Å². The minimum absolute atomic E-state index is 0.111. The molecule has 0 bridgehead atoms. The van der Waals surface area contributed by atoms with Gasteiger partial charge in [0.2, 0.25) is 0 Å². The lowest BCUT2D eigenvalue weighted by atomic mass is 10.2. The second kappa shape index (κ2) is 5.33. The molecule has 0 saturated carbocycles. The maximum absolute atomic E-state index is 5.95. The van der Waals surface area contributed by atoms with Crippen molar-refractivity contribution in [2.24, 2.45) is 0 Å². The fourth-order valence-electron chi connectivity index (χ4n) is 2.87. The summed E-state index contributed by atoms with van der Waals surface area (Å²) >= 11 is 1.74. The molecule has 114 valence electrons. The van der Waals surface area contributed by atoms with Crippen molar-refractivity contribution in [3.05, 3.63) is 40.0 Å². The van der Waals surface area contributed by atoms with E-state index in [0.29, 0.717) is 12.4 Å². The molecule has 1 unspecified atom stereocenters. The second-order valence-corrected chi connectivity index (χ2v) is 6.42. The van der Waals surface area contributed by atoms with Gasteiger partial charge in [0.1, 0.15) is 18.2 Å². The number of nitrogens with zero attached hydrogens (tertiary/aromatic N) is 5. The van der Waals surface area contributed by atoms with Crippen LogP contribution in [-0.4, -0.2) is 39.3 Å². The van der Waals surface area contributed by atoms with Crippen molar-refractivity contribution in [2.75, 3.05) is 24.6 Å². The Bertz CT molecular complexity index is 798. The fraction of sp³-hybridized carbons (Fsp3) is 0.400. The van der Waals surface area contributed by atoms with E-state index in [1.807, 2.05) is 11.4 Å². The van der Waals surface area contributed by atoms with Gasteiger partial charge in [-0.1, -0.05) is 6.07 Å². The Morgan fingerprint density at radius 1 is 1.36 bits per heavy atom. The number of aromatic nitrogens is 4. The standard InChI is InChI=1S/C15H17N5OS/c1-10-11(2)18-15-16-9-17-20(15)14(10)19-5-6-21-12(8-19)13-4-3-7-22-13/h3-4,7,9,12H,5-6,8H2,1-2H3. The van der Waals surface area contributed by atoms with Crippen LogP contribution in [0.25, 0.3) is 5.78 Å². The Kier molecular flexibility index (Phi) is 3.31. The lowest BCUT2D eigenvalue weighted by molar-refractivity contribution is 0.0416. The Labute approximate surface area is 132 Å². The van der Waals surface area contributed by atoms with Crippen molar-refractivity contribution >= 4 is 22.9 Å². The molecule has 1 fully saturated rings. The lowest BCUT2D eigenvalue weighted by Gasteiger charge is -2.34. The van der Waals surface area contributed by atoms with E-state index in [1.54, 1.807) is 17.7 Å². The molecular formula is C15H17N5OS. The van der Waals surface area contributed by atoms with Crippen LogP contribution < -0.4 is 4.90 Å². The van der Waals surface area contributed by atoms with Crippen LogP contribution in [0.2, 0.25) is 0 Å². The predicted octanol–water partition coefficient (Wildman–Crippen LogP) is 2.38. The number of hydrogen-bond acceptors (Lipinski definition) is 6. The first-order chi connectivity index (χ1) is 10.7. The number of anilines is 1. The molecule has 1 saturated heterocycles. The molecule has 4 rings (SSSR count). The molecule has 0 N–H and O–H groups in total. The highest BCUT2D eigenvalue weighted by molar-refractivity contribution is 7.10. The van der Waals surface area contributed by atoms with Crippen molar-refractivity contribution < 1.29 is 4.74 Å². The average molecular weight is 315 g/mol. The summed E-state index contributed by atoms with van der Waals surface area (Å²) in [6.07, 6.45) is 1.67. The predicted molar refractivity (Wildman–Crippen MR) is 85.5 cm³/mol. The van der Waals surface area contributed by atoms with Gasteiger partial charge >= 0.3 is 0 Å². The summed E-state index contributed by atoms with van der Waals surface area (Å²) in [5.74, 6) is 1.72. The zero-order valence-electron chi connectivity index (χ0n) is 12.6. The summed E-state index contributed by atoms with van der Waals surface area (Å²) in [6.45, 7) is 6.49. The third-order valence-corrected chi connectivity index (χ3v) is 5.07. The van der Waals surface area contributed by atoms with E-state index in [9.17, 15) is 0 Å². The molecule has 0 aromatic carbocycles. The van der Waals surface area contributed by atoms with Gasteiger partial charge in [0.25, 0.3) is 5.78 Å². The zero-order chi connectivity index (χ0) is 15.1. The number of fused-ring (bicyclic) bond motifs is 1. The molecule has 22 heavy (non-hydrogen) atoms. The van der Waals surface area contributed by atoms with Gasteiger partial charge < -0.3 is 9.64 Å². The zero-order valence-corrected chi connectivity index (χ0v) is 13.4. The van der Waals surface area contributed by atoms with Crippen molar-refractivity contribution in [1.82, 2.24) is 19.6 Å². The topological polar surface area (TPSA) is 55.5 Å². The van der Waals surface area contributed by atoms with Crippen LogP contribution in [0.4, 0.5) is 5.82 Å². The van der Waals surface area contributed by atoms with Crippen LogP contribution in [0.5, 0.6) is 0 Å². The number of morpholine rings is 1. The summed E-state index contributed by atoms with van der Waals surface area (Å²) in [5, 5.41) is 6.44. The summed E-state index contributed by atoms with van der Waals surface area (Å²) in [6, 6.07) is 4.20. The number of thiophene rings is 1. The van der Waals surface area contributed by atoms with E-state index < -0.39 is 0 Å². The van der Waals surface area contributed by atoms with Crippen LogP contribution in [0.15, 0.2) is 23.8 Å². The second-order valence-electron chi connectivity index (χ2n) is 5.44. The van der Waals surface area contributed by atoms with Gasteiger partial charge in [-0.15, -0.1) is 11.3 Å². The van der Waals surface area contributed by atoms with Gasteiger partial charge in [-0.25, -0.2) is 4.98 Å². The van der Waals surface area contributed by atoms with Crippen molar-refractivity contribution in [1.29, 1.82) is 0 Å². The van der Waals surface area contributed by atoms with Crippen molar-refractivity contribution in [2.45, 2.75) is 20.0 Å². The third kappa shape index (κ3) is 2.17. The van der Waals surface area contributed by atoms with Crippen molar-refractivity contribution in [3.8, 4) is 0 Å². The fourth-order valence-corrected chi connectivity index (χ4v) is 3.64. The van der Waals surface area contributed by atoms with Gasteiger partial charge in [0.05, 0.1) is 13.2 Å². The highest BCUT2D eigenvalue weighted by Crippen LogP contribution is 2.30.